The van der Waals surface area contributed by atoms with Crippen LogP contribution in [0.2, 0.25) is 0 Å². The van der Waals surface area contributed by atoms with Gasteiger partial charge in [0.1, 0.15) is 17.9 Å². The second-order valence-electron chi connectivity index (χ2n) is 7.89. The lowest BCUT2D eigenvalue weighted by Gasteiger charge is -2.34. The maximum atomic E-state index is 14.6. The first kappa shape index (κ1) is 20.4. The summed E-state index contributed by atoms with van der Waals surface area (Å²) in [4.78, 5) is 25.5. The molecule has 0 saturated carbocycles. The van der Waals surface area contributed by atoms with E-state index in [9.17, 15) is 9.18 Å². The van der Waals surface area contributed by atoms with E-state index in [-0.39, 0.29) is 30.8 Å². The molecular formula is C21H24FN7O3. The van der Waals surface area contributed by atoms with Gasteiger partial charge in [-0.05, 0) is 25.0 Å². The highest BCUT2D eigenvalue weighted by molar-refractivity contribution is 5.87. The molecular weight excluding hydrogens is 417 g/mol. The highest BCUT2D eigenvalue weighted by Crippen LogP contribution is 2.28. The lowest BCUT2D eigenvalue weighted by atomic mass is 10.1. The van der Waals surface area contributed by atoms with Crippen molar-refractivity contribution < 1.29 is 18.7 Å². The molecule has 0 spiro atoms. The lowest BCUT2D eigenvalue weighted by molar-refractivity contribution is -0.130. The zero-order valence-corrected chi connectivity index (χ0v) is 17.4. The molecule has 5 rings (SSSR count). The normalized spacial score (nSPS) is 23.4. The van der Waals surface area contributed by atoms with Gasteiger partial charge in [-0.15, -0.1) is 0 Å². The van der Waals surface area contributed by atoms with E-state index in [0.717, 1.165) is 18.7 Å². The molecule has 3 aromatic heterocycles. The molecule has 3 atom stereocenters. The van der Waals surface area contributed by atoms with Crippen LogP contribution in [0.4, 0.5) is 16.0 Å². The number of fused-ring (bicyclic) bond motifs is 1. The molecule has 2 aliphatic rings. The van der Waals surface area contributed by atoms with Gasteiger partial charge in [-0.25, -0.2) is 4.39 Å². The van der Waals surface area contributed by atoms with Crippen LogP contribution >= 0.6 is 0 Å². The Balaban J connectivity index is 1.37. The van der Waals surface area contributed by atoms with Gasteiger partial charge in [0.2, 0.25) is 17.7 Å². The number of rotatable bonds is 6. The van der Waals surface area contributed by atoms with E-state index in [1.54, 1.807) is 18.5 Å². The molecule has 0 aliphatic carbocycles. The predicted molar refractivity (Wildman–Crippen MR) is 115 cm³/mol. The fourth-order valence-corrected chi connectivity index (χ4v) is 3.99. The molecule has 5 heterocycles. The lowest BCUT2D eigenvalue weighted by Crippen LogP contribution is -2.49. The maximum Gasteiger partial charge on any atom is 0.246 e. The average Bonchev–Trinajstić information content (AvgIpc) is 3.56. The SMILES string of the molecule is C=CC(=O)N1CC[C@@H](F)[C@@H](Oc2nc(Nc3cnn([C@@H]4CCOC4)c3)nc3[nH]ccc23)C1. The number of carbonyl (C=O) groups excluding carboxylic acids is 1. The number of alkyl halides is 1. The largest absolute Gasteiger partial charge is 0.469 e. The second-order valence-corrected chi connectivity index (χ2v) is 7.89. The molecule has 10 nitrogen and oxygen atoms in total. The van der Waals surface area contributed by atoms with E-state index in [0.29, 0.717) is 30.1 Å². The molecule has 0 radical (unpaired) electrons. The Labute approximate surface area is 183 Å². The van der Waals surface area contributed by atoms with Crippen LogP contribution in [-0.4, -0.2) is 74.1 Å². The smallest absolute Gasteiger partial charge is 0.246 e. The van der Waals surface area contributed by atoms with Crippen LogP contribution in [0.5, 0.6) is 5.88 Å². The summed E-state index contributed by atoms with van der Waals surface area (Å²) in [6.07, 6.45) is 5.58. The van der Waals surface area contributed by atoms with Crippen molar-refractivity contribution in [3.05, 3.63) is 37.3 Å². The zero-order chi connectivity index (χ0) is 22.1. The number of likely N-dealkylation sites (tertiary alicyclic amines) is 1. The minimum absolute atomic E-state index is 0.126. The van der Waals surface area contributed by atoms with Crippen LogP contribution < -0.4 is 10.1 Å². The number of carbonyl (C=O) groups is 1. The second kappa shape index (κ2) is 8.58. The van der Waals surface area contributed by atoms with Gasteiger partial charge < -0.3 is 24.7 Å². The summed E-state index contributed by atoms with van der Waals surface area (Å²) in [5.74, 6) is 0.297. The van der Waals surface area contributed by atoms with Crippen LogP contribution in [0, 0.1) is 0 Å². The highest BCUT2D eigenvalue weighted by Gasteiger charge is 2.33. The predicted octanol–water partition coefficient (Wildman–Crippen LogP) is 2.36. The van der Waals surface area contributed by atoms with Gasteiger partial charge in [-0.3, -0.25) is 9.48 Å². The maximum absolute atomic E-state index is 14.6. The van der Waals surface area contributed by atoms with Crippen molar-refractivity contribution in [1.29, 1.82) is 0 Å². The number of piperidine rings is 1. The third-order valence-electron chi connectivity index (χ3n) is 5.75. The van der Waals surface area contributed by atoms with Gasteiger partial charge >= 0.3 is 0 Å². The van der Waals surface area contributed by atoms with E-state index in [4.69, 9.17) is 9.47 Å². The Bertz CT molecular complexity index is 1120. The molecule has 168 valence electrons. The number of ether oxygens (including phenoxy) is 2. The van der Waals surface area contributed by atoms with Crippen LogP contribution in [0.1, 0.15) is 18.9 Å². The molecule has 0 unspecified atom stereocenters. The first-order chi connectivity index (χ1) is 15.6. The zero-order valence-electron chi connectivity index (χ0n) is 17.4. The summed E-state index contributed by atoms with van der Waals surface area (Å²) in [6, 6.07) is 1.99. The van der Waals surface area contributed by atoms with Crippen LogP contribution in [-0.2, 0) is 9.53 Å². The fraction of sp³-hybridized carbons (Fsp3) is 0.429. The van der Waals surface area contributed by atoms with Gasteiger partial charge in [0.15, 0.2) is 0 Å². The number of H-pyrrole nitrogens is 1. The molecule has 2 aliphatic heterocycles. The molecule has 3 aromatic rings. The molecule has 11 heteroatoms. The molecule has 32 heavy (non-hydrogen) atoms. The molecule has 0 aromatic carbocycles. The molecule has 2 saturated heterocycles. The molecule has 1 amide bonds. The van der Waals surface area contributed by atoms with Crippen molar-refractivity contribution in [1.82, 2.24) is 29.6 Å². The number of hydrogen-bond donors (Lipinski definition) is 2. The number of nitrogens with one attached hydrogen (secondary N) is 2. The van der Waals surface area contributed by atoms with Crippen molar-refractivity contribution in [3.8, 4) is 5.88 Å². The Morgan fingerprint density at radius 1 is 1.41 bits per heavy atom. The van der Waals surface area contributed by atoms with Crippen molar-refractivity contribution in [2.24, 2.45) is 0 Å². The summed E-state index contributed by atoms with van der Waals surface area (Å²) in [7, 11) is 0. The number of anilines is 2. The topological polar surface area (TPSA) is 110 Å². The Morgan fingerprint density at radius 2 is 2.31 bits per heavy atom. The molecule has 0 bridgehead atoms. The number of hydrogen-bond acceptors (Lipinski definition) is 7. The third-order valence-corrected chi connectivity index (χ3v) is 5.75. The summed E-state index contributed by atoms with van der Waals surface area (Å²) in [5, 5.41) is 8.16. The number of aromatic amines is 1. The first-order valence-electron chi connectivity index (χ1n) is 10.6. The number of aromatic nitrogens is 5. The molecule has 2 N–H and O–H groups in total. The molecule has 2 fully saturated rings. The summed E-state index contributed by atoms with van der Waals surface area (Å²) in [6.45, 7) is 5.33. The third kappa shape index (κ3) is 4.03. The van der Waals surface area contributed by atoms with Crippen molar-refractivity contribution in [2.45, 2.75) is 31.2 Å². The Morgan fingerprint density at radius 3 is 3.12 bits per heavy atom. The van der Waals surface area contributed by atoms with Gasteiger partial charge in [0, 0.05) is 25.5 Å². The van der Waals surface area contributed by atoms with Gasteiger partial charge in [0.25, 0.3) is 0 Å². The van der Waals surface area contributed by atoms with Crippen molar-refractivity contribution in [3.63, 3.8) is 0 Å². The van der Waals surface area contributed by atoms with Gasteiger partial charge in [-0.1, -0.05) is 6.58 Å². The quantitative estimate of drug-likeness (QED) is 0.565. The minimum Gasteiger partial charge on any atom is -0.469 e. The van der Waals surface area contributed by atoms with Crippen LogP contribution in [0.15, 0.2) is 37.3 Å². The fourth-order valence-electron chi connectivity index (χ4n) is 3.99. The number of nitrogens with zero attached hydrogens (tertiary/aromatic N) is 5. The van der Waals surface area contributed by atoms with Gasteiger partial charge in [-0.2, -0.15) is 15.1 Å². The summed E-state index contributed by atoms with van der Waals surface area (Å²) in [5.41, 5.74) is 1.27. The van der Waals surface area contributed by atoms with E-state index >= 15 is 0 Å². The minimum atomic E-state index is -1.21. The van der Waals surface area contributed by atoms with E-state index < -0.39 is 12.3 Å². The average molecular weight is 441 g/mol. The Kier molecular flexibility index (Phi) is 5.48. The van der Waals surface area contributed by atoms with E-state index in [1.165, 1.54) is 11.0 Å². The number of halogens is 1. The standard InChI is InChI=1S/C21H24FN7O3/c1-2-18(30)28-7-4-16(22)17(11-28)32-20-15-3-6-23-19(15)26-21(27-20)25-13-9-24-29(10-13)14-5-8-31-12-14/h2-3,6,9-10,14,16-17H,1,4-5,7-8,11-12H2,(H2,23,25,26,27)/t14-,16-,17+/m1/s1. The highest BCUT2D eigenvalue weighted by atomic mass is 19.1. The van der Waals surface area contributed by atoms with Gasteiger partial charge in [0.05, 0.1) is 36.5 Å². The monoisotopic (exact) mass is 441 g/mol. The van der Waals surface area contributed by atoms with E-state index in [1.807, 2.05) is 10.9 Å². The summed E-state index contributed by atoms with van der Waals surface area (Å²) >= 11 is 0. The first-order valence-corrected chi connectivity index (χ1v) is 10.6. The van der Waals surface area contributed by atoms with Crippen LogP contribution in [0.25, 0.3) is 11.0 Å². The van der Waals surface area contributed by atoms with E-state index in [2.05, 4.69) is 31.9 Å². The number of amides is 1. The van der Waals surface area contributed by atoms with Crippen molar-refractivity contribution in [2.75, 3.05) is 31.6 Å². The summed E-state index contributed by atoms with van der Waals surface area (Å²) < 4.78 is 27.9. The van der Waals surface area contributed by atoms with Crippen molar-refractivity contribution >= 4 is 28.6 Å². The Hall–Kier alpha value is -3.47. The van der Waals surface area contributed by atoms with Crippen LogP contribution in [0.3, 0.4) is 0 Å².